The minimum atomic E-state index is -0.302. The van der Waals surface area contributed by atoms with E-state index in [9.17, 15) is 14.4 Å². The Balaban J connectivity index is 2.14. The maximum absolute atomic E-state index is 12.7. The molecule has 1 aromatic heterocycles. The van der Waals surface area contributed by atoms with E-state index in [2.05, 4.69) is 27.2 Å². The van der Waals surface area contributed by atoms with Crippen molar-refractivity contribution in [1.82, 2.24) is 9.97 Å². The summed E-state index contributed by atoms with van der Waals surface area (Å²) >= 11 is 0. The van der Waals surface area contributed by atoms with E-state index in [1.807, 2.05) is 0 Å². The molecule has 214 valence electrons. The van der Waals surface area contributed by atoms with Crippen LogP contribution in [0.25, 0.3) is 6.08 Å². The Labute approximate surface area is 235 Å². The summed E-state index contributed by atoms with van der Waals surface area (Å²) in [4.78, 5) is 46.2. The maximum Gasteiger partial charge on any atom is 0.231 e. The van der Waals surface area contributed by atoms with Crippen molar-refractivity contribution >= 4 is 35.4 Å². The largest absolute Gasteiger partial charge is 0.493 e. The number of nitrogens with one attached hydrogen (secondary N) is 2. The average molecular weight is 551 g/mol. The molecule has 2 aromatic rings. The maximum atomic E-state index is 12.7. The van der Waals surface area contributed by atoms with E-state index in [-0.39, 0.29) is 60.1 Å². The summed E-state index contributed by atoms with van der Waals surface area (Å²) < 4.78 is 17.2. The highest BCUT2D eigenvalue weighted by Crippen LogP contribution is 2.44. The van der Waals surface area contributed by atoms with Crippen molar-refractivity contribution in [3.8, 4) is 17.2 Å². The average Bonchev–Trinajstić information content (AvgIpc) is 3.77. The number of amides is 2. The van der Waals surface area contributed by atoms with Crippen LogP contribution in [-0.2, 0) is 20.8 Å². The molecule has 1 aliphatic carbocycles. The quantitative estimate of drug-likeness (QED) is 0.253. The number of anilines is 2. The smallest absolute Gasteiger partial charge is 0.231 e. The molecule has 1 aliphatic rings. The molecule has 0 unspecified atom stereocenters. The first kappa shape index (κ1) is 30.3. The molecule has 1 heterocycles. The molecular formula is C30H38N4O6. The minimum absolute atomic E-state index is 0.0499. The number of allylic oxidation sites excluding steroid dienone is 1. The predicted octanol–water partition coefficient (Wildman–Crippen LogP) is 4.83. The molecule has 3 rings (SSSR count). The Morgan fingerprint density at radius 2 is 1.70 bits per heavy atom. The fourth-order valence-corrected chi connectivity index (χ4v) is 3.74. The standard InChI is InChI=1S/C30H38N4O6/c1-8-13-40-25-22(11-12-23(35)19-9-10-19)20(15-24(38-6)26(25)39-7)14-21-16-31-30(34-29(37)18(4)5)33-27(21)32-28(36)17(2)3/h8,11-12,15-19H,1,9-10,13-14H2,2-7H3,(H2,31,32,33,34,36,37). The summed E-state index contributed by atoms with van der Waals surface area (Å²) in [5, 5.41) is 5.53. The van der Waals surface area contributed by atoms with Crippen molar-refractivity contribution in [2.75, 3.05) is 31.5 Å². The highest BCUT2D eigenvalue weighted by molar-refractivity contribution is 5.97. The van der Waals surface area contributed by atoms with E-state index in [1.165, 1.54) is 14.2 Å². The van der Waals surface area contributed by atoms with Gasteiger partial charge < -0.3 is 19.5 Å². The first-order valence-corrected chi connectivity index (χ1v) is 13.3. The normalized spacial score (nSPS) is 12.9. The van der Waals surface area contributed by atoms with E-state index in [0.29, 0.717) is 28.4 Å². The molecule has 1 saturated carbocycles. The minimum Gasteiger partial charge on any atom is -0.493 e. The number of methoxy groups -OCH3 is 2. The molecule has 0 radical (unpaired) electrons. The highest BCUT2D eigenvalue weighted by atomic mass is 16.5. The van der Waals surface area contributed by atoms with E-state index in [1.54, 1.807) is 58.2 Å². The lowest BCUT2D eigenvalue weighted by Crippen LogP contribution is -2.23. The van der Waals surface area contributed by atoms with Gasteiger partial charge in [-0.3, -0.25) is 19.7 Å². The van der Waals surface area contributed by atoms with Gasteiger partial charge in [0.25, 0.3) is 0 Å². The van der Waals surface area contributed by atoms with Crippen LogP contribution >= 0.6 is 0 Å². The van der Waals surface area contributed by atoms with Gasteiger partial charge >= 0.3 is 0 Å². The molecule has 0 atom stereocenters. The lowest BCUT2D eigenvalue weighted by molar-refractivity contribution is -0.119. The van der Waals surface area contributed by atoms with E-state index >= 15 is 0 Å². The van der Waals surface area contributed by atoms with Crippen LogP contribution in [0.3, 0.4) is 0 Å². The Morgan fingerprint density at radius 3 is 2.27 bits per heavy atom. The number of hydrogen-bond donors (Lipinski definition) is 2. The summed E-state index contributed by atoms with van der Waals surface area (Å²) in [7, 11) is 3.04. The van der Waals surface area contributed by atoms with Crippen LogP contribution in [0.2, 0.25) is 0 Å². The van der Waals surface area contributed by atoms with Gasteiger partial charge in [0.1, 0.15) is 12.4 Å². The topological polar surface area (TPSA) is 129 Å². The number of nitrogens with zero attached hydrogens (tertiary/aromatic N) is 2. The molecule has 0 bridgehead atoms. The Hall–Kier alpha value is -4.21. The van der Waals surface area contributed by atoms with Crippen molar-refractivity contribution in [3.63, 3.8) is 0 Å². The molecule has 1 aromatic carbocycles. The van der Waals surface area contributed by atoms with Gasteiger partial charge in [0.05, 0.1) is 14.2 Å². The number of carbonyl (C=O) groups excluding carboxylic acids is 3. The van der Waals surface area contributed by atoms with Crippen molar-refractivity contribution < 1.29 is 28.6 Å². The molecular weight excluding hydrogens is 512 g/mol. The summed E-state index contributed by atoms with van der Waals surface area (Å²) in [6.45, 7) is 11.0. The third-order valence-corrected chi connectivity index (χ3v) is 6.26. The second-order valence-electron chi connectivity index (χ2n) is 10.2. The molecule has 0 aliphatic heterocycles. The van der Waals surface area contributed by atoms with Crippen LogP contribution in [0.15, 0.2) is 31.0 Å². The van der Waals surface area contributed by atoms with Gasteiger partial charge in [0.2, 0.25) is 23.5 Å². The SMILES string of the molecule is C=CCOc1c(C=CC(=O)C2CC2)c(Cc2cnc(NC(=O)C(C)C)nc2NC(=O)C(C)C)cc(OC)c1OC. The monoisotopic (exact) mass is 550 g/mol. The second kappa shape index (κ2) is 13.7. The number of rotatable bonds is 14. The number of aromatic nitrogens is 2. The van der Waals surface area contributed by atoms with Gasteiger partial charge in [0, 0.05) is 41.5 Å². The number of carbonyl (C=O) groups is 3. The first-order chi connectivity index (χ1) is 19.1. The van der Waals surface area contributed by atoms with Crippen LogP contribution in [0.4, 0.5) is 11.8 Å². The van der Waals surface area contributed by atoms with E-state index in [4.69, 9.17) is 14.2 Å². The van der Waals surface area contributed by atoms with Crippen molar-refractivity contribution in [2.45, 2.75) is 47.0 Å². The van der Waals surface area contributed by atoms with Crippen LogP contribution in [0.5, 0.6) is 17.2 Å². The molecule has 10 nitrogen and oxygen atoms in total. The summed E-state index contributed by atoms with van der Waals surface area (Å²) in [5.74, 6) is 0.592. The fraction of sp³-hybridized carbons (Fsp3) is 0.433. The van der Waals surface area contributed by atoms with Crippen LogP contribution in [0, 0.1) is 17.8 Å². The van der Waals surface area contributed by atoms with Crippen molar-refractivity contribution in [1.29, 1.82) is 0 Å². The van der Waals surface area contributed by atoms with Gasteiger partial charge in [-0.15, -0.1) is 0 Å². The van der Waals surface area contributed by atoms with Crippen molar-refractivity contribution in [3.05, 3.63) is 47.7 Å². The van der Waals surface area contributed by atoms with Crippen LogP contribution in [-0.4, -0.2) is 48.4 Å². The Bertz CT molecular complexity index is 1300. The van der Waals surface area contributed by atoms with Crippen LogP contribution in [0.1, 0.15) is 57.2 Å². The van der Waals surface area contributed by atoms with Gasteiger partial charge in [-0.1, -0.05) is 40.3 Å². The number of ketones is 1. The number of ether oxygens (including phenoxy) is 3. The molecule has 0 saturated heterocycles. The highest BCUT2D eigenvalue weighted by Gasteiger charge is 2.28. The number of hydrogen-bond acceptors (Lipinski definition) is 8. The summed E-state index contributed by atoms with van der Waals surface area (Å²) in [6.07, 6.45) is 8.47. The Kier molecular flexibility index (Phi) is 10.4. The van der Waals surface area contributed by atoms with Crippen LogP contribution < -0.4 is 24.8 Å². The second-order valence-corrected chi connectivity index (χ2v) is 10.2. The van der Waals surface area contributed by atoms with Crippen molar-refractivity contribution in [2.24, 2.45) is 17.8 Å². The lowest BCUT2D eigenvalue weighted by atomic mass is 9.97. The van der Waals surface area contributed by atoms with Gasteiger partial charge in [-0.05, 0) is 36.6 Å². The molecule has 2 amide bonds. The fourth-order valence-electron chi connectivity index (χ4n) is 3.74. The van der Waals surface area contributed by atoms with E-state index < -0.39 is 0 Å². The summed E-state index contributed by atoms with van der Waals surface area (Å²) in [5.41, 5.74) is 1.92. The first-order valence-electron chi connectivity index (χ1n) is 13.3. The molecule has 0 spiro atoms. The third kappa shape index (κ3) is 7.68. The molecule has 40 heavy (non-hydrogen) atoms. The predicted molar refractivity (Wildman–Crippen MR) is 154 cm³/mol. The van der Waals surface area contributed by atoms with E-state index in [0.717, 1.165) is 18.4 Å². The lowest BCUT2D eigenvalue weighted by Gasteiger charge is -2.20. The van der Waals surface area contributed by atoms with Gasteiger partial charge in [-0.25, -0.2) is 4.98 Å². The van der Waals surface area contributed by atoms with Gasteiger partial charge in [0.15, 0.2) is 17.3 Å². The molecule has 10 heteroatoms. The van der Waals surface area contributed by atoms with Gasteiger partial charge in [-0.2, -0.15) is 4.98 Å². The zero-order valence-electron chi connectivity index (χ0n) is 24.0. The third-order valence-electron chi connectivity index (χ3n) is 6.26. The number of benzene rings is 1. The zero-order valence-corrected chi connectivity index (χ0v) is 24.0. The summed E-state index contributed by atoms with van der Waals surface area (Å²) in [6, 6.07) is 1.80. The molecule has 1 fully saturated rings. The zero-order chi connectivity index (χ0) is 29.4. The Morgan fingerprint density at radius 1 is 1.02 bits per heavy atom. The molecule has 2 N–H and O–H groups in total.